The molecule has 12 heavy (non-hydrogen) atoms. The third kappa shape index (κ3) is 1.59. The highest BCUT2D eigenvalue weighted by atomic mass is 35.5. The molecule has 1 rings (SSSR count). The van der Waals surface area contributed by atoms with Crippen molar-refractivity contribution in [3.8, 4) is 0 Å². The molecule has 0 atom stereocenters. The minimum absolute atomic E-state index is 0.190. The molecule has 0 saturated carbocycles. The molecule has 0 saturated heterocycles. The van der Waals surface area contributed by atoms with Crippen LogP contribution < -0.4 is 0 Å². The Kier molecular flexibility index (Phi) is 3.06. The number of nitrogens with zero attached hydrogens (tertiary/aromatic N) is 1. The first-order chi connectivity index (χ1) is 5.70. The molecule has 0 N–H and O–H groups in total. The van der Waals surface area contributed by atoms with Gasteiger partial charge in [-0.25, -0.2) is 5.11 Å². The second-order valence-electron chi connectivity index (χ2n) is 2.77. The molecular weight excluding hydrogens is 174 g/mol. The molecule has 1 heterocycles. The predicted octanol–water partition coefficient (Wildman–Crippen LogP) is 2.37. The van der Waals surface area contributed by atoms with Crippen molar-refractivity contribution in [2.75, 3.05) is 0 Å². The molecule has 3 heteroatoms. The highest BCUT2D eigenvalue weighted by Crippen LogP contribution is 2.17. The topological polar surface area (TPSA) is 32.8 Å². The van der Waals surface area contributed by atoms with Gasteiger partial charge in [-0.15, -0.1) is 11.6 Å². The fourth-order valence-electron chi connectivity index (χ4n) is 1.18. The molecule has 0 aliphatic carbocycles. The van der Waals surface area contributed by atoms with E-state index in [0.29, 0.717) is 5.88 Å². The number of alkyl halides is 1. The molecule has 65 valence electrons. The Hall–Kier alpha value is -0.600. The van der Waals surface area contributed by atoms with Crippen LogP contribution in [0.15, 0.2) is 6.20 Å². The smallest absolute Gasteiger partial charge is 0.108 e. The molecule has 1 aromatic heterocycles. The zero-order valence-electron chi connectivity index (χ0n) is 7.22. The van der Waals surface area contributed by atoms with Crippen molar-refractivity contribution in [2.45, 2.75) is 26.3 Å². The van der Waals surface area contributed by atoms with Gasteiger partial charge in [-0.3, -0.25) is 4.98 Å². The highest BCUT2D eigenvalue weighted by Gasteiger charge is 2.06. The summed E-state index contributed by atoms with van der Waals surface area (Å²) in [5.41, 5.74) is 3.55. The third-order valence-electron chi connectivity index (χ3n) is 2.05. The van der Waals surface area contributed by atoms with Gasteiger partial charge in [0.05, 0.1) is 11.6 Å². The molecule has 0 spiro atoms. The molecule has 0 aliphatic rings. The second kappa shape index (κ2) is 3.87. The maximum absolute atomic E-state index is 10.8. The molecule has 1 aromatic rings. The summed E-state index contributed by atoms with van der Waals surface area (Å²) in [6, 6.07) is 0. The van der Waals surface area contributed by atoms with Crippen molar-refractivity contribution < 1.29 is 5.11 Å². The van der Waals surface area contributed by atoms with Crippen molar-refractivity contribution in [3.05, 3.63) is 28.6 Å². The van der Waals surface area contributed by atoms with Gasteiger partial charge in [0.1, 0.15) is 6.61 Å². The van der Waals surface area contributed by atoms with Gasteiger partial charge in [-0.1, -0.05) is 0 Å². The molecule has 0 unspecified atom stereocenters. The van der Waals surface area contributed by atoms with Crippen molar-refractivity contribution in [1.82, 2.24) is 4.98 Å². The lowest BCUT2D eigenvalue weighted by Crippen LogP contribution is -1.99. The quantitative estimate of drug-likeness (QED) is 0.650. The van der Waals surface area contributed by atoms with E-state index in [-0.39, 0.29) is 6.61 Å². The summed E-state index contributed by atoms with van der Waals surface area (Å²) >= 11 is 5.65. The van der Waals surface area contributed by atoms with Gasteiger partial charge < -0.3 is 0 Å². The number of rotatable bonds is 2. The lowest BCUT2D eigenvalue weighted by molar-refractivity contribution is 0.176. The number of halogens is 1. The van der Waals surface area contributed by atoms with Crippen molar-refractivity contribution in [2.24, 2.45) is 0 Å². The first-order valence-electron chi connectivity index (χ1n) is 3.78. The monoisotopic (exact) mass is 184 g/mol. The summed E-state index contributed by atoms with van der Waals surface area (Å²) in [7, 11) is 0. The first-order valence-corrected chi connectivity index (χ1v) is 4.32. The normalized spacial score (nSPS) is 10.3. The Balaban J connectivity index is 3.24. The van der Waals surface area contributed by atoms with Gasteiger partial charge in [0.25, 0.3) is 0 Å². The van der Waals surface area contributed by atoms with Gasteiger partial charge in [0.15, 0.2) is 0 Å². The van der Waals surface area contributed by atoms with Gasteiger partial charge in [0, 0.05) is 6.20 Å². The Morgan fingerprint density at radius 2 is 2.17 bits per heavy atom. The molecule has 0 aliphatic heterocycles. The zero-order chi connectivity index (χ0) is 9.14. The first kappa shape index (κ1) is 9.49. The predicted molar refractivity (Wildman–Crippen MR) is 47.7 cm³/mol. The van der Waals surface area contributed by atoms with E-state index in [1.165, 1.54) is 0 Å². The van der Waals surface area contributed by atoms with Gasteiger partial charge in [-0.05, 0) is 30.5 Å². The van der Waals surface area contributed by atoms with Crippen molar-refractivity contribution >= 4 is 11.6 Å². The van der Waals surface area contributed by atoms with Gasteiger partial charge in [-0.2, -0.15) is 0 Å². The Morgan fingerprint density at radius 1 is 1.50 bits per heavy atom. The molecule has 1 radical (unpaired) electrons. The Bertz CT molecular complexity index is 286. The minimum atomic E-state index is -0.190. The van der Waals surface area contributed by atoms with Crippen molar-refractivity contribution in [1.29, 1.82) is 0 Å². The summed E-state index contributed by atoms with van der Waals surface area (Å²) in [5.74, 6) is 0.374. The Labute approximate surface area is 77.2 Å². The summed E-state index contributed by atoms with van der Waals surface area (Å²) < 4.78 is 0. The van der Waals surface area contributed by atoms with E-state index in [1.54, 1.807) is 6.20 Å². The molecule has 0 aromatic carbocycles. The van der Waals surface area contributed by atoms with E-state index in [4.69, 9.17) is 11.6 Å². The fraction of sp³-hybridized carbons (Fsp3) is 0.444. The standard InChI is InChI=1S/C9H11ClNO/c1-6-4-11-9(3-10)7(2)8(6)5-12/h4H,3,5H2,1-2H3. The van der Waals surface area contributed by atoms with Gasteiger partial charge >= 0.3 is 0 Å². The lowest BCUT2D eigenvalue weighted by Gasteiger charge is -2.08. The number of aryl methyl sites for hydroxylation is 1. The SMILES string of the molecule is Cc1cnc(CCl)c(C)c1C[O]. The van der Waals surface area contributed by atoms with Crippen LogP contribution in [-0.4, -0.2) is 4.98 Å². The maximum atomic E-state index is 10.8. The van der Waals surface area contributed by atoms with Crippen LogP contribution in [-0.2, 0) is 17.6 Å². The van der Waals surface area contributed by atoms with Crippen LogP contribution in [0.5, 0.6) is 0 Å². The average Bonchev–Trinajstić information content (AvgIpc) is 2.06. The molecule has 0 bridgehead atoms. The van der Waals surface area contributed by atoms with Gasteiger partial charge in [0.2, 0.25) is 0 Å². The summed E-state index contributed by atoms with van der Waals surface area (Å²) in [6.45, 7) is 3.60. The van der Waals surface area contributed by atoms with E-state index in [9.17, 15) is 5.11 Å². The van der Waals surface area contributed by atoms with E-state index < -0.39 is 0 Å². The highest BCUT2D eigenvalue weighted by molar-refractivity contribution is 6.17. The van der Waals surface area contributed by atoms with E-state index >= 15 is 0 Å². The summed E-state index contributed by atoms with van der Waals surface area (Å²) in [4.78, 5) is 4.13. The molecule has 0 amide bonds. The maximum Gasteiger partial charge on any atom is 0.108 e. The second-order valence-corrected chi connectivity index (χ2v) is 3.04. The van der Waals surface area contributed by atoms with E-state index in [0.717, 1.165) is 22.4 Å². The van der Waals surface area contributed by atoms with Crippen LogP contribution in [0.1, 0.15) is 22.4 Å². The van der Waals surface area contributed by atoms with E-state index in [1.807, 2.05) is 13.8 Å². The van der Waals surface area contributed by atoms with Crippen LogP contribution in [0.3, 0.4) is 0 Å². The van der Waals surface area contributed by atoms with Crippen LogP contribution >= 0.6 is 11.6 Å². The van der Waals surface area contributed by atoms with E-state index in [2.05, 4.69) is 4.98 Å². The fourth-order valence-corrected chi connectivity index (χ4v) is 1.45. The number of aromatic nitrogens is 1. The number of hydrogen-bond acceptors (Lipinski definition) is 1. The molecule has 2 nitrogen and oxygen atoms in total. The third-order valence-corrected chi connectivity index (χ3v) is 2.30. The van der Waals surface area contributed by atoms with Crippen LogP contribution in [0.4, 0.5) is 0 Å². The lowest BCUT2D eigenvalue weighted by atomic mass is 10.0. The number of pyridine rings is 1. The van der Waals surface area contributed by atoms with Crippen LogP contribution in [0, 0.1) is 13.8 Å². The average molecular weight is 185 g/mol. The Morgan fingerprint density at radius 3 is 2.67 bits per heavy atom. The summed E-state index contributed by atoms with van der Waals surface area (Å²) in [5, 5.41) is 10.8. The van der Waals surface area contributed by atoms with Crippen LogP contribution in [0.2, 0.25) is 0 Å². The van der Waals surface area contributed by atoms with Crippen LogP contribution in [0.25, 0.3) is 0 Å². The van der Waals surface area contributed by atoms with Crippen molar-refractivity contribution in [3.63, 3.8) is 0 Å². The summed E-state index contributed by atoms with van der Waals surface area (Å²) in [6.07, 6.45) is 1.71. The molecular formula is C9H11ClNO. The molecule has 0 fully saturated rings. The zero-order valence-corrected chi connectivity index (χ0v) is 7.98. The largest absolute Gasteiger partial charge is 0.259 e. The number of hydrogen-bond donors (Lipinski definition) is 0. The minimum Gasteiger partial charge on any atom is -0.259 e.